The number of hydrogen-bond acceptors (Lipinski definition) is 1. The molecule has 0 spiro atoms. The van der Waals surface area contributed by atoms with Gasteiger partial charge in [-0.3, -0.25) is 0 Å². The lowest BCUT2D eigenvalue weighted by molar-refractivity contribution is -0.264. The Labute approximate surface area is 169 Å². The number of hydrogen-bond donors (Lipinski definition) is 0. The topological polar surface area (TPSA) is 9.23 Å². The van der Waals surface area contributed by atoms with E-state index < -0.39 is 24.6 Å². The lowest BCUT2D eigenvalue weighted by atomic mass is 9.68. The molecular weight excluding hydrogens is 387 g/mol. The fraction of sp³-hybridized carbons (Fsp3) is 0.739. The Bertz CT molecular complexity index is 712. The van der Waals surface area contributed by atoms with Crippen molar-refractivity contribution in [2.24, 2.45) is 17.8 Å². The molecule has 2 aliphatic carbocycles. The SMILES string of the molecule is CC1CCC(C2CCC(c3ccc4c(c3)CC(F)(F)C(C(F)(F)F)O4)CC2)CC1. The summed E-state index contributed by atoms with van der Waals surface area (Å²) >= 11 is 0. The van der Waals surface area contributed by atoms with E-state index in [1.165, 1.54) is 31.7 Å². The van der Waals surface area contributed by atoms with Crippen molar-refractivity contribution in [2.45, 2.75) is 88.8 Å². The highest BCUT2D eigenvalue weighted by Gasteiger charge is 2.60. The average molecular weight is 416 g/mol. The predicted octanol–water partition coefficient (Wildman–Crippen LogP) is 7.29. The maximum absolute atomic E-state index is 14.1. The fourth-order valence-corrected chi connectivity index (χ4v) is 5.65. The van der Waals surface area contributed by atoms with Gasteiger partial charge >= 0.3 is 6.18 Å². The van der Waals surface area contributed by atoms with Crippen LogP contribution in [-0.4, -0.2) is 18.2 Å². The van der Waals surface area contributed by atoms with E-state index in [4.69, 9.17) is 0 Å². The summed E-state index contributed by atoms with van der Waals surface area (Å²) in [6.07, 6.45) is 0.575. The molecule has 162 valence electrons. The zero-order valence-corrected chi connectivity index (χ0v) is 16.8. The Morgan fingerprint density at radius 1 is 0.897 bits per heavy atom. The van der Waals surface area contributed by atoms with Crippen LogP contribution < -0.4 is 4.74 Å². The number of fused-ring (bicyclic) bond motifs is 1. The summed E-state index contributed by atoms with van der Waals surface area (Å²) in [4.78, 5) is 0. The average Bonchev–Trinajstić information content (AvgIpc) is 2.66. The number of rotatable bonds is 2. The molecule has 3 aliphatic rings. The summed E-state index contributed by atoms with van der Waals surface area (Å²) in [6, 6.07) is 4.87. The molecule has 0 amide bonds. The van der Waals surface area contributed by atoms with Crippen LogP contribution in [0.15, 0.2) is 18.2 Å². The van der Waals surface area contributed by atoms with Gasteiger partial charge in [0, 0.05) is 12.0 Å². The summed E-state index contributed by atoms with van der Waals surface area (Å²) in [5, 5.41) is 0. The summed E-state index contributed by atoms with van der Waals surface area (Å²) in [5.74, 6) is -1.28. The van der Waals surface area contributed by atoms with Crippen LogP contribution >= 0.6 is 0 Å². The van der Waals surface area contributed by atoms with E-state index >= 15 is 0 Å². The molecule has 1 aromatic rings. The first-order valence-corrected chi connectivity index (χ1v) is 10.9. The molecule has 1 unspecified atom stereocenters. The van der Waals surface area contributed by atoms with Gasteiger partial charge in [0.25, 0.3) is 12.0 Å². The molecule has 1 nitrogen and oxygen atoms in total. The van der Waals surface area contributed by atoms with Crippen molar-refractivity contribution in [1.29, 1.82) is 0 Å². The monoisotopic (exact) mass is 416 g/mol. The molecule has 1 aliphatic heterocycles. The molecule has 1 heterocycles. The van der Waals surface area contributed by atoms with Crippen LogP contribution in [0.3, 0.4) is 0 Å². The summed E-state index contributed by atoms with van der Waals surface area (Å²) < 4.78 is 71.5. The first kappa shape index (κ1) is 20.9. The molecule has 0 aromatic heterocycles. The lowest BCUT2D eigenvalue weighted by Crippen LogP contribution is -2.52. The molecule has 4 rings (SSSR count). The minimum Gasteiger partial charge on any atom is -0.474 e. The van der Waals surface area contributed by atoms with E-state index in [0.29, 0.717) is 5.92 Å². The standard InChI is InChI=1S/C23H29F5O/c1-14-2-4-15(5-3-14)16-6-8-17(9-7-16)18-10-11-20-19(12-18)13-22(24,25)21(29-20)23(26,27)28/h10-12,14-17,21H,2-9,13H2,1H3. The van der Waals surface area contributed by atoms with Gasteiger partial charge in [0.05, 0.1) is 0 Å². The first-order valence-electron chi connectivity index (χ1n) is 10.9. The number of ether oxygens (including phenoxy) is 1. The van der Waals surface area contributed by atoms with Crippen LogP contribution in [0.4, 0.5) is 22.0 Å². The molecule has 2 fully saturated rings. The van der Waals surface area contributed by atoms with Gasteiger partial charge in [-0.1, -0.05) is 31.9 Å². The summed E-state index contributed by atoms with van der Waals surface area (Å²) in [5.41, 5.74) is 1.15. The molecule has 0 bridgehead atoms. The number of benzene rings is 1. The van der Waals surface area contributed by atoms with Crippen molar-refractivity contribution < 1.29 is 26.7 Å². The molecule has 2 saturated carbocycles. The van der Waals surface area contributed by atoms with E-state index in [0.717, 1.165) is 49.0 Å². The largest absolute Gasteiger partial charge is 0.474 e. The second-order valence-electron chi connectivity index (χ2n) is 9.48. The quantitative estimate of drug-likeness (QED) is 0.460. The molecule has 29 heavy (non-hydrogen) atoms. The van der Waals surface area contributed by atoms with E-state index in [-0.39, 0.29) is 11.3 Å². The van der Waals surface area contributed by atoms with Crippen LogP contribution in [0.25, 0.3) is 0 Å². The Hall–Kier alpha value is -1.33. The summed E-state index contributed by atoms with van der Waals surface area (Å²) in [6.45, 7) is 2.33. The lowest BCUT2D eigenvalue weighted by Gasteiger charge is -2.38. The Morgan fingerprint density at radius 3 is 2.07 bits per heavy atom. The predicted molar refractivity (Wildman–Crippen MR) is 101 cm³/mol. The highest BCUT2D eigenvalue weighted by atomic mass is 19.4. The normalized spacial score (nSPS) is 34.9. The third-order valence-corrected chi connectivity index (χ3v) is 7.41. The fourth-order valence-electron chi connectivity index (χ4n) is 5.65. The third kappa shape index (κ3) is 4.41. The maximum Gasteiger partial charge on any atom is 0.431 e. The second-order valence-corrected chi connectivity index (χ2v) is 9.48. The van der Waals surface area contributed by atoms with Gasteiger partial charge in [-0.15, -0.1) is 0 Å². The van der Waals surface area contributed by atoms with E-state index in [1.54, 1.807) is 12.1 Å². The third-order valence-electron chi connectivity index (χ3n) is 7.41. The highest BCUT2D eigenvalue weighted by Crippen LogP contribution is 2.47. The van der Waals surface area contributed by atoms with Gasteiger partial charge < -0.3 is 4.74 Å². The van der Waals surface area contributed by atoms with E-state index in [9.17, 15) is 22.0 Å². The van der Waals surface area contributed by atoms with Gasteiger partial charge in [0.2, 0.25) is 0 Å². The Kier molecular flexibility index (Phi) is 5.58. The highest BCUT2D eigenvalue weighted by molar-refractivity contribution is 5.41. The van der Waals surface area contributed by atoms with Crippen LogP contribution in [0.2, 0.25) is 0 Å². The maximum atomic E-state index is 14.1. The van der Waals surface area contributed by atoms with Gasteiger partial charge in [-0.05, 0) is 73.8 Å². The van der Waals surface area contributed by atoms with Crippen LogP contribution in [0.1, 0.15) is 75.3 Å². The summed E-state index contributed by atoms with van der Waals surface area (Å²) in [7, 11) is 0. The van der Waals surface area contributed by atoms with Crippen molar-refractivity contribution in [3.8, 4) is 5.75 Å². The van der Waals surface area contributed by atoms with Crippen molar-refractivity contribution in [3.63, 3.8) is 0 Å². The second kappa shape index (κ2) is 7.73. The van der Waals surface area contributed by atoms with Crippen LogP contribution in [0.5, 0.6) is 5.75 Å². The zero-order valence-electron chi connectivity index (χ0n) is 16.8. The zero-order chi connectivity index (χ0) is 20.8. The van der Waals surface area contributed by atoms with Gasteiger partial charge in [-0.2, -0.15) is 13.2 Å². The molecule has 1 aromatic carbocycles. The van der Waals surface area contributed by atoms with Gasteiger partial charge in [0.1, 0.15) is 5.75 Å². The Balaban J connectivity index is 1.42. The molecule has 0 N–H and O–H groups in total. The first-order chi connectivity index (χ1) is 13.6. The van der Waals surface area contributed by atoms with E-state index in [1.807, 2.05) is 0 Å². The molecule has 1 atom stereocenters. The van der Waals surface area contributed by atoms with Gasteiger partial charge in [0.15, 0.2) is 0 Å². The van der Waals surface area contributed by atoms with Crippen molar-refractivity contribution >= 4 is 0 Å². The van der Waals surface area contributed by atoms with Gasteiger partial charge in [-0.25, -0.2) is 8.78 Å². The molecule has 0 radical (unpaired) electrons. The van der Waals surface area contributed by atoms with Crippen molar-refractivity contribution in [2.75, 3.05) is 0 Å². The molecule has 6 heteroatoms. The Morgan fingerprint density at radius 2 is 1.48 bits per heavy atom. The minimum absolute atomic E-state index is 0.0630. The van der Waals surface area contributed by atoms with E-state index in [2.05, 4.69) is 11.7 Å². The number of alkyl halides is 5. The molecule has 0 saturated heterocycles. The molecular formula is C23H29F5O. The number of halogens is 5. The van der Waals surface area contributed by atoms with Crippen LogP contribution in [0, 0.1) is 17.8 Å². The van der Waals surface area contributed by atoms with Crippen LogP contribution in [-0.2, 0) is 6.42 Å². The van der Waals surface area contributed by atoms with Crippen molar-refractivity contribution in [1.82, 2.24) is 0 Å². The van der Waals surface area contributed by atoms with Crippen molar-refractivity contribution in [3.05, 3.63) is 29.3 Å². The smallest absolute Gasteiger partial charge is 0.431 e. The minimum atomic E-state index is -5.09.